The summed E-state index contributed by atoms with van der Waals surface area (Å²) in [6.45, 7) is 7.71. The molecule has 1 rings (SSSR count). The van der Waals surface area contributed by atoms with Gasteiger partial charge in [-0.15, -0.1) is 6.58 Å². The van der Waals surface area contributed by atoms with Gasteiger partial charge in [-0.3, -0.25) is 23.5 Å². The first-order chi connectivity index (χ1) is 11.6. The summed E-state index contributed by atoms with van der Waals surface area (Å²) in [4.78, 5) is 48.0. The molecule has 1 amide bonds. The highest BCUT2D eigenvalue weighted by Gasteiger charge is 2.53. The van der Waals surface area contributed by atoms with Crippen LogP contribution in [0.2, 0.25) is 0 Å². The largest absolute Gasteiger partial charge is 0.477 e. The molecule has 1 saturated heterocycles. The lowest BCUT2D eigenvalue weighted by Crippen LogP contribution is -2.63. The van der Waals surface area contributed by atoms with Crippen LogP contribution in [0.1, 0.15) is 27.2 Å². The SMILES string of the molecule is C=CCS(=O)C1C(CC)C(=O)N1C(C(=O)O)=C(SC(C)=O)SC(C)=O. The van der Waals surface area contributed by atoms with E-state index in [1.807, 2.05) is 0 Å². The number of aliphatic carboxylic acids is 1. The number of hydrogen-bond donors (Lipinski definition) is 1. The van der Waals surface area contributed by atoms with Crippen molar-refractivity contribution >= 4 is 56.4 Å². The average molecular weight is 406 g/mol. The summed E-state index contributed by atoms with van der Waals surface area (Å²) >= 11 is 1.14. The molecule has 7 nitrogen and oxygen atoms in total. The Bertz CT molecular complexity index is 654. The van der Waals surface area contributed by atoms with Crippen LogP contribution >= 0.6 is 23.5 Å². The number of nitrogens with zero attached hydrogens (tertiary/aromatic N) is 1. The average Bonchev–Trinajstić information content (AvgIpc) is 2.47. The van der Waals surface area contributed by atoms with Crippen molar-refractivity contribution in [3.8, 4) is 0 Å². The quantitative estimate of drug-likeness (QED) is 0.371. The van der Waals surface area contributed by atoms with Crippen molar-refractivity contribution in [2.45, 2.75) is 32.6 Å². The van der Waals surface area contributed by atoms with Crippen LogP contribution in [0.15, 0.2) is 22.6 Å². The van der Waals surface area contributed by atoms with Gasteiger partial charge in [0.1, 0.15) is 5.37 Å². The van der Waals surface area contributed by atoms with E-state index in [9.17, 15) is 28.5 Å². The first kappa shape index (κ1) is 21.7. The predicted molar refractivity (Wildman–Crippen MR) is 98.8 cm³/mol. The molecule has 3 atom stereocenters. The third-order valence-corrected chi connectivity index (χ3v) is 6.73. The van der Waals surface area contributed by atoms with Crippen molar-refractivity contribution < 1.29 is 28.5 Å². The van der Waals surface area contributed by atoms with E-state index in [-0.39, 0.29) is 9.99 Å². The number of hydrogen-bond acceptors (Lipinski definition) is 7. The third kappa shape index (κ3) is 5.05. The van der Waals surface area contributed by atoms with Crippen molar-refractivity contribution in [1.29, 1.82) is 0 Å². The zero-order valence-corrected chi connectivity index (χ0v) is 16.5. The smallest absolute Gasteiger partial charge is 0.354 e. The molecule has 0 aliphatic carbocycles. The molecular formula is C15H19NO6S3. The van der Waals surface area contributed by atoms with E-state index in [1.54, 1.807) is 6.92 Å². The number of carbonyl (C=O) groups excluding carboxylic acids is 3. The Kier molecular flexibility index (Phi) is 8.10. The van der Waals surface area contributed by atoms with Gasteiger partial charge >= 0.3 is 5.97 Å². The number of thioether (sulfide) groups is 2. The first-order valence-electron chi connectivity index (χ1n) is 7.31. The summed E-state index contributed by atoms with van der Waals surface area (Å²) in [5, 5.41) is 7.92. The van der Waals surface area contributed by atoms with Crippen LogP contribution in [-0.4, -0.2) is 47.4 Å². The van der Waals surface area contributed by atoms with E-state index < -0.39 is 49.9 Å². The van der Waals surface area contributed by atoms with Gasteiger partial charge in [0.25, 0.3) is 0 Å². The van der Waals surface area contributed by atoms with Gasteiger partial charge in [-0.25, -0.2) is 4.79 Å². The number of likely N-dealkylation sites (tertiary alicyclic amines) is 1. The molecule has 0 aromatic heterocycles. The van der Waals surface area contributed by atoms with Crippen molar-refractivity contribution in [3.63, 3.8) is 0 Å². The molecule has 1 heterocycles. The Morgan fingerprint density at radius 1 is 1.28 bits per heavy atom. The van der Waals surface area contributed by atoms with E-state index in [0.29, 0.717) is 29.9 Å². The molecule has 0 spiro atoms. The summed E-state index contributed by atoms with van der Waals surface area (Å²) in [5.41, 5.74) is -0.475. The zero-order chi connectivity index (χ0) is 19.3. The lowest BCUT2D eigenvalue weighted by molar-refractivity contribution is -0.152. The summed E-state index contributed by atoms with van der Waals surface area (Å²) in [7, 11) is -1.54. The van der Waals surface area contributed by atoms with Crippen molar-refractivity contribution in [2.24, 2.45) is 5.92 Å². The second-order valence-electron chi connectivity index (χ2n) is 5.08. The number of carboxylic acids is 1. The second-order valence-corrected chi connectivity index (χ2v) is 9.29. The zero-order valence-electron chi connectivity index (χ0n) is 14.0. The fourth-order valence-corrected chi connectivity index (χ4v) is 5.83. The number of amides is 1. The Hall–Kier alpha value is -1.39. The minimum absolute atomic E-state index is 0.101. The molecule has 0 bridgehead atoms. The molecule has 1 N–H and O–H groups in total. The summed E-state index contributed by atoms with van der Waals surface area (Å²) in [6.07, 6.45) is 1.84. The van der Waals surface area contributed by atoms with Gasteiger partial charge in [0, 0.05) is 30.4 Å². The second kappa shape index (κ2) is 9.35. The van der Waals surface area contributed by atoms with Gasteiger partial charge in [-0.05, 0) is 29.9 Å². The highest BCUT2D eigenvalue weighted by atomic mass is 32.2. The molecular weight excluding hydrogens is 386 g/mol. The molecule has 1 aliphatic rings. The van der Waals surface area contributed by atoms with Crippen LogP contribution in [-0.2, 0) is 30.0 Å². The Morgan fingerprint density at radius 2 is 1.80 bits per heavy atom. The van der Waals surface area contributed by atoms with Gasteiger partial charge in [0.2, 0.25) is 5.91 Å². The molecule has 1 aliphatic heterocycles. The number of rotatable bonds is 8. The maximum Gasteiger partial charge on any atom is 0.354 e. The molecule has 3 unspecified atom stereocenters. The fourth-order valence-electron chi connectivity index (χ4n) is 2.32. The van der Waals surface area contributed by atoms with Crippen LogP contribution < -0.4 is 0 Å². The fraction of sp³-hybridized carbons (Fsp3) is 0.467. The Labute approximate surface area is 156 Å². The van der Waals surface area contributed by atoms with Gasteiger partial charge in [-0.2, -0.15) is 0 Å². The van der Waals surface area contributed by atoms with E-state index in [0.717, 1.165) is 4.90 Å². The normalized spacial score (nSPS) is 20.4. The molecule has 1 fully saturated rings. The number of carboxylic acid groups (broad SMARTS) is 1. The summed E-state index contributed by atoms with van der Waals surface area (Å²) in [6, 6.07) is 0. The topological polar surface area (TPSA) is 109 Å². The lowest BCUT2D eigenvalue weighted by Gasteiger charge is -2.46. The van der Waals surface area contributed by atoms with Crippen molar-refractivity contribution in [2.75, 3.05) is 5.75 Å². The Balaban J connectivity index is 3.44. The molecule has 10 heteroatoms. The highest BCUT2D eigenvalue weighted by Crippen LogP contribution is 2.41. The monoisotopic (exact) mass is 405 g/mol. The third-order valence-electron chi connectivity index (χ3n) is 3.25. The molecule has 25 heavy (non-hydrogen) atoms. The van der Waals surface area contributed by atoms with E-state index in [1.165, 1.54) is 19.9 Å². The van der Waals surface area contributed by atoms with Crippen LogP contribution in [0, 0.1) is 5.92 Å². The molecule has 0 radical (unpaired) electrons. The maximum atomic E-state index is 12.4. The van der Waals surface area contributed by atoms with Crippen LogP contribution in [0.4, 0.5) is 0 Å². The van der Waals surface area contributed by atoms with Crippen molar-refractivity contribution in [3.05, 3.63) is 22.6 Å². The number of carbonyl (C=O) groups is 4. The standard InChI is InChI=1S/C15H19NO6S3/c1-5-7-25(22)13-10(6-2)12(19)16(13)11(14(20)21)15(23-8(3)17)24-9(4)18/h5,10,13H,1,6-7H2,2-4H3,(H,20,21). The molecule has 0 saturated carbocycles. The van der Waals surface area contributed by atoms with Crippen LogP contribution in [0.3, 0.4) is 0 Å². The first-order valence-corrected chi connectivity index (χ1v) is 10.3. The molecule has 138 valence electrons. The van der Waals surface area contributed by atoms with E-state index >= 15 is 0 Å². The van der Waals surface area contributed by atoms with Crippen LogP contribution in [0.5, 0.6) is 0 Å². The van der Waals surface area contributed by atoms with Gasteiger partial charge < -0.3 is 5.11 Å². The van der Waals surface area contributed by atoms with Gasteiger partial charge in [0.05, 0.1) is 10.2 Å². The van der Waals surface area contributed by atoms with E-state index in [4.69, 9.17) is 0 Å². The minimum Gasteiger partial charge on any atom is -0.477 e. The molecule has 0 aromatic carbocycles. The maximum absolute atomic E-state index is 12.4. The van der Waals surface area contributed by atoms with Gasteiger partial charge in [-0.1, -0.05) is 13.0 Å². The summed E-state index contributed by atoms with van der Waals surface area (Å²) < 4.78 is 12.3. The van der Waals surface area contributed by atoms with Crippen molar-refractivity contribution in [1.82, 2.24) is 4.90 Å². The lowest BCUT2D eigenvalue weighted by atomic mass is 9.94. The van der Waals surface area contributed by atoms with Gasteiger partial charge in [0.15, 0.2) is 15.9 Å². The number of β-lactam (4-membered cyclic amide) rings is 1. The predicted octanol–water partition coefficient (Wildman–Crippen LogP) is 1.93. The van der Waals surface area contributed by atoms with Crippen LogP contribution in [0.25, 0.3) is 0 Å². The Morgan fingerprint density at radius 3 is 2.16 bits per heavy atom. The highest BCUT2D eigenvalue weighted by molar-refractivity contribution is 8.34. The van der Waals surface area contributed by atoms with E-state index in [2.05, 4.69) is 6.58 Å². The molecule has 0 aromatic rings. The summed E-state index contributed by atoms with van der Waals surface area (Å²) in [5.74, 6) is -2.40. The minimum atomic E-state index is -1.54.